The molecule has 2 N–H and O–H groups in total. The first kappa shape index (κ1) is 15.0. The average Bonchev–Trinajstić information content (AvgIpc) is 2.35. The maximum absolute atomic E-state index is 5.92. The lowest BCUT2D eigenvalue weighted by molar-refractivity contribution is 0.206. The van der Waals surface area contributed by atoms with Crippen molar-refractivity contribution in [1.29, 1.82) is 0 Å². The highest BCUT2D eigenvalue weighted by atomic mass is 32.1. The third kappa shape index (κ3) is 5.05. The maximum Gasteiger partial charge on any atom is 0.129 e. The molecule has 1 aromatic carbocycles. The van der Waals surface area contributed by atoms with Gasteiger partial charge in [-0.3, -0.25) is 0 Å². The first-order valence-corrected chi connectivity index (χ1v) is 7.11. The molecule has 0 radical (unpaired) electrons. The minimum absolute atomic E-state index is 0.206. The molecule has 0 spiro atoms. The number of rotatable bonds is 8. The Hall–Kier alpha value is -1.09. The molecule has 3 heteroatoms. The van der Waals surface area contributed by atoms with Crippen LogP contribution in [0.2, 0.25) is 0 Å². The van der Waals surface area contributed by atoms with Crippen molar-refractivity contribution < 1.29 is 4.74 Å². The Morgan fingerprint density at radius 1 is 1.28 bits per heavy atom. The number of ether oxygens (including phenoxy) is 1. The van der Waals surface area contributed by atoms with Gasteiger partial charge in [0.15, 0.2) is 0 Å². The molecule has 1 aromatic rings. The Bertz CT molecular complexity index is 379. The Morgan fingerprint density at radius 3 is 2.67 bits per heavy atom. The Labute approximate surface area is 116 Å². The molecule has 2 nitrogen and oxygen atoms in total. The summed E-state index contributed by atoms with van der Waals surface area (Å²) < 4.78 is 5.92. The fourth-order valence-corrected chi connectivity index (χ4v) is 2.08. The van der Waals surface area contributed by atoms with Crippen molar-refractivity contribution in [3.63, 3.8) is 0 Å². The Balaban J connectivity index is 2.48. The summed E-state index contributed by atoms with van der Waals surface area (Å²) in [7, 11) is 0. The van der Waals surface area contributed by atoms with Gasteiger partial charge in [-0.25, -0.2) is 0 Å². The quantitative estimate of drug-likeness (QED) is 0.568. The molecule has 0 aliphatic heterocycles. The molecule has 18 heavy (non-hydrogen) atoms. The number of thiocarbonyl (C=S) groups is 1. The second-order valence-electron chi connectivity index (χ2n) is 4.64. The summed E-state index contributed by atoms with van der Waals surface area (Å²) in [5.74, 6) is 0.799. The molecule has 0 bridgehead atoms. The zero-order valence-electron chi connectivity index (χ0n) is 11.3. The van der Waals surface area contributed by atoms with Crippen molar-refractivity contribution in [2.75, 3.05) is 0 Å². The lowest BCUT2D eigenvalue weighted by Gasteiger charge is -2.17. The molecular weight excluding hydrogens is 242 g/mol. The van der Waals surface area contributed by atoms with E-state index in [1.54, 1.807) is 0 Å². The third-order valence-electron chi connectivity index (χ3n) is 2.94. The SMILES string of the molecule is CCCCCCC(C)Oc1ccccc1C(N)=S. The second-order valence-corrected chi connectivity index (χ2v) is 5.08. The number of hydrogen-bond acceptors (Lipinski definition) is 2. The van der Waals surface area contributed by atoms with Gasteiger partial charge in [0, 0.05) is 0 Å². The number of para-hydroxylation sites is 1. The Morgan fingerprint density at radius 2 is 2.00 bits per heavy atom. The van der Waals surface area contributed by atoms with Crippen LogP contribution in [0.25, 0.3) is 0 Å². The van der Waals surface area contributed by atoms with Crippen molar-refractivity contribution in [3.8, 4) is 5.75 Å². The van der Waals surface area contributed by atoms with Crippen LogP contribution in [0.4, 0.5) is 0 Å². The minimum Gasteiger partial charge on any atom is -0.490 e. The molecule has 0 heterocycles. The first-order valence-electron chi connectivity index (χ1n) is 6.70. The van der Waals surface area contributed by atoms with Crippen LogP contribution in [-0.2, 0) is 0 Å². The lowest BCUT2D eigenvalue weighted by atomic mass is 10.1. The fourth-order valence-electron chi connectivity index (χ4n) is 1.91. The van der Waals surface area contributed by atoms with E-state index in [4.69, 9.17) is 22.7 Å². The monoisotopic (exact) mass is 265 g/mol. The van der Waals surface area contributed by atoms with Gasteiger partial charge in [-0.1, -0.05) is 50.5 Å². The van der Waals surface area contributed by atoms with E-state index in [1.165, 1.54) is 25.7 Å². The van der Waals surface area contributed by atoms with E-state index in [-0.39, 0.29) is 6.10 Å². The van der Waals surface area contributed by atoms with Gasteiger partial charge < -0.3 is 10.5 Å². The normalized spacial score (nSPS) is 12.1. The molecule has 100 valence electrons. The van der Waals surface area contributed by atoms with E-state index in [1.807, 2.05) is 24.3 Å². The number of hydrogen-bond donors (Lipinski definition) is 1. The summed E-state index contributed by atoms with van der Waals surface area (Å²) >= 11 is 5.02. The van der Waals surface area contributed by atoms with E-state index in [9.17, 15) is 0 Å². The van der Waals surface area contributed by atoms with Crippen molar-refractivity contribution in [2.45, 2.75) is 52.1 Å². The molecule has 0 aromatic heterocycles. The van der Waals surface area contributed by atoms with Gasteiger partial charge in [-0.15, -0.1) is 0 Å². The molecule has 0 saturated heterocycles. The van der Waals surface area contributed by atoms with Crippen LogP contribution >= 0.6 is 12.2 Å². The summed E-state index contributed by atoms with van der Waals surface area (Å²) in [5, 5.41) is 0. The van der Waals surface area contributed by atoms with Gasteiger partial charge in [-0.2, -0.15) is 0 Å². The summed E-state index contributed by atoms with van der Waals surface area (Å²) in [5.41, 5.74) is 6.51. The molecule has 1 rings (SSSR count). The van der Waals surface area contributed by atoms with Gasteiger partial charge in [0.2, 0.25) is 0 Å². The van der Waals surface area contributed by atoms with Gasteiger partial charge in [-0.05, 0) is 31.9 Å². The van der Waals surface area contributed by atoms with Crippen LogP contribution in [0.1, 0.15) is 51.5 Å². The number of benzene rings is 1. The van der Waals surface area contributed by atoms with Crippen molar-refractivity contribution in [2.24, 2.45) is 5.73 Å². The smallest absolute Gasteiger partial charge is 0.129 e. The number of unbranched alkanes of at least 4 members (excludes halogenated alkanes) is 3. The summed E-state index contributed by atoms with van der Waals surface area (Å²) in [6, 6.07) is 7.70. The zero-order valence-corrected chi connectivity index (χ0v) is 12.1. The predicted molar refractivity (Wildman–Crippen MR) is 81.2 cm³/mol. The minimum atomic E-state index is 0.206. The predicted octanol–water partition coefficient (Wildman–Crippen LogP) is 4.06. The van der Waals surface area contributed by atoms with Crippen molar-refractivity contribution in [1.82, 2.24) is 0 Å². The molecule has 1 atom stereocenters. The third-order valence-corrected chi connectivity index (χ3v) is 3.16. The second kappa shape index (κ2) is 8.09. The summed E-state index contributed by atoms with van der Waals surface area (Å²) in [6.45, 7) is 4.32. The molecule has 0 aliphatic carbocycles. The zero-order chi connectivity index (χ0) is 13.4. The Kier molecular flexibility index (Phi) is 6.73. The largest absolute Gasteiger partial charge is 0.490 e. The average molecular weight is 265 g/mol. The van der Waals surface area contributed by atoms with Gasteiger partial charge in [0.05, 0.1) is 11.7 Å². The molecule has 0 fully saturated rings. The summed E-state index contributed by atoms with van der Waals surface area (Å²) in [4.78, 5) is 0.392. The standard InChI is InChI=1S/C15H23NOS/c1-3-4-5-6-9-12(2)17-14-11-8-7-10-13(14)15(16)18/h7-8,10-12H,3-6,9H2,1-2H3,(H2,16,18). The topological polar surface area (TPSA) is 35.2 Å². The van der Waals surface area contributed by atoms with Crippen molar-refractivity contribution in [3.05, 3.63) is 29.8 Å². The lowest BCUT2D eigenvalue weighted by Crippen LogP contribution is -2.16. The molecular formula is C15H23NOS. The van der Waals surface area contributed by atoms with Crippen LogP contribution in [-0.4, -0.2) is 11.1 Å². The first-order chi connectivity index (χ1) is 8.65. The highest BCUT2D eigenvalue weighted by molar-refractivity contribution is 7.80. The molecule has 0 aliphatic rings. The molecule has 0 amide bonds. The van der Waals surface area contributed by atoms with Gasteiger partial charge in [0.25, 0.3) is 0 Å². The number of nitrogens with two attached hydrogens (primary N) is 1. The molecule has 0 saturated carbocycles. The van der Waals surface area contributed by atoms with Crippen LogP contribution < -0.4 is 10.5 Å². The van der Waals surface area contributed by atoms with E-state index in [0.29, 0.717) is 4.99 Å². The van der Waals surface area contributed by atoms with E-state index >= 15 is 0 Å². The van der Waals surface area contributed by atoms with Crippen LogP contribution in [0.15, 0.2) is 24.3 Å². The van der Waals surface area contributed by atoms with Crippen LogP contribution in [0, 0.1) is 0 Å². The fraction of sp³-hybridized carbons (Fsp3) is 0.533. The molecule has 1 unspecified atom stereocenters. The van der Waals surface area contributed by atoms with E-state index in [2.05, 4.69) is 13.8 Å². The summed E-state index contributed by atoms with van der Waals surface area (Å²) in [6.07, 6.45) is 6.34. The van der Waals surface area contributed by atoms with Crippen LogP contribution in [0.3, 0.4) is 0 Å². The van der Waals surface area contributed by atoms with Crippen molar-refractivity contribution >= 4 is 17.2 Å². The van der Waals surface area contributed by atoms with E-state index < -0.39 is 0 Å². The van der Waals surface area contributed by atoms with Gasteiger partial charge >= 0.3 is 0 Å². The van der Waals surface area contributed by atoms with Crippen LogP contribution in [0.5, 0.6) is 5.75 Å². The van der Waals surface area contributed by atoms with Gasteiger partial charge in [0.1, 0.15) is 10.7 Å². The highest BCUT2D eigenvalue weighted by Crippen LogP contribution is 2.20. The van der Waals surface area contributed by atoms with E-state index in [0.717, 1.165) is 17.7 Å². The highest BCUT2D eigenvalue weighted by Gasteiger charge is 2.09. The maximum atomic E-state index is 5.92.